The summed E-state index contributed by atoms with van der Waals surface area (Å²) in [5, 5.41) is 8.15. The Labute approximate surface area is 117 Å². The summed E-state index contributed by atoms with van der Waals surface area (Å²) in [5.74, 6) is 0. The molecular weight excluding hydrogens is 398 g/mol. The fourth-order valence-corrected chi connectivity index (χ4v) is 0. The number of hydrogen-bond acceptors (Lipinski definition) is 6. The van der Waals surface area contributed by atoms with Crippen molar-refractivity contribution in [2.45, 2.75) is 20.8 Å². The van der Waals surface area contributed by atoms with Crippen LogP contribution in [0.25, 0.3) is 0 Å². The summed E-state index contributed by atoms with van der Waals surface area (Å²) in [6, 6.07) is 2.10. The van der Waals surface area contributed by atoms with Gasteiger partial charge in [0.05, 0.1) is 6.07 Å². The molecule has 0 unspecified atom stereocenters. The first kappa shape index (κ1) is 45.1. The van der Waals surface area contributed by atoms with Gasteiger partial charge < -0.3 is 24.0 Å². The van der Waals surface area contributed by atoms with Gasteiger partial charge in [-0.25, -0.2) is 0 Å². The van der Waals surface area contributed by atoms with Crippen molar-refractivity contribution in [1.29, 1.82) is 5.26 Å². The van der Waals surface area contributed by atoms with Crippen molar-refractivity contribution in [3.05, 3.63) is 0 Å². The fourth-order valence-electron chi connectivity index (χ4n) is 0. The Kier molecular flexibility index (Phi) is 231. The van der Waals surface area contributed by atoms with Crippen molar-refractivity contribution in [1.82, 2.24) is 0 Å². The van der Waals surface area contributed by atoms with Crippen LogP contribution < -0.4 is 0 Å². The van der Waals surface area contributed by atoms with E-state index >= 15 is 0 Å². The largest absolute Gasteiger partial charge is 0.307 e. The average Bonchev–Trinajstić information content (AvgIpc) is 2.40. The van der Waals surface area contributed by atoms with Gasteiger partial charge in [0.15, 0.2) is 0 Å². The molecule has 0 saturated heterocycles. The first-order valence-corrected chi connectivity index (χ1v) is 3.42. The number of nitrogens with zero attached hydrogens (tertiary/aromatic N) is 1. The smallest absolute Gasteiger partial charge is 0.106 e. The molecule has 6 nitrogen and oxygen atoms in total. The Morgan fingerprint density at radius 1 is 0.706 bits per heavy atom. The predicted molar refractivity (Wildman–Crippen MR) is 60.7 cm³/mol. The maximum Gasteiger partial charge on any atom is 0.106 e. The number of hydrogen-bond donors (Lipinski definition) is 0. The van der Waals surface area contributed by atoms with E-state index in [2.05, 4.69) is 6.07 Å². The molecule has 100 valence electrons. The van der Waals surface area contributed by atoms with Crippen molar-refractivity contribution < 1.29 is 45.0 Å². The molecule has 0 bridgehead atoms. The zero-order valence-electron chi connectivity index (χ0n) is 10.4. The van der Waals surface area contributed by atoms with Crippen LogP contribution in [0, 0.1) is 16.7 Å². The quantitative estimate of drug-likeness (QED) is 0.572. The van der Waals surface area contributed by atoms with Crippen molar-refractivity contribution in [3.63, 3.8) is 0 Å². The molecule has 7 heteroatoms. The van der Waals surface area contributed by atoms with Gasteiger partial charge in [0.25, 0.3) is 0 Å². The molecule has 0 heterocycles. The topological polar surface area (TPSA) is 109 Å². The average molecular weight is 417 g/mol. The van der Waals surface area contributed by atoms with E-state index in [1.165, 1.54) is 0 Å². The van der Waals surface area contributed by atoms with Crippen LogP contribution in [-0.4, -0.2) is 33.9 Å². The molecule has 0 rings (SSSR count). The summed E-state index contributed by atoms with van der Waals surface area (Å²) < 4.78 is 0. The van der Waals surface area contributed by atoms with Crippen molar-refractivity contribution >= 4 is 33.9 Å². The first-order valence-electron chi connectivity index (χ1n) is 3.42. The van der Waals surface area contributed by atoms with Crippen LogP contribution in [0.1, 0.15) is 20.8 Å². The van der Waals surface area contributed by atoms with Gasteiger partial charge in [-0.2, -0.15) is 5.26 Å². The van der Waals surface area contributed by atoms with Gasteiger partial charge in [-0.1, -0.05) is 0 Å². The zero-order valence-corrected chi connectivity index (χ0v) is 13.4. The molecule has 0 spiro atoms. The molecule has 0 atom stereocenters. The van der Waals surface area contributed by atoms with Gasteiger partial charge >= 0.3 is 0 Å². The van der Waals surface area contributed by atoms with Gasteiger partial charge in [0.1, 0.15) is 33.9 Å². The summed E-state index contributed by atoms with van der Waals surface area (Å²) in [7, 11) is 0. The van der Waals surface area contributed by atoms with Crippen molar-refractivity contribution in [3.8, 4) is 6.07 Å². The Morgan fingerprint density at radius 2 is 0.765 bits per heavy atom. The second-order valence-corrected chi connectivity index (χ2v) is 2.36. The molecule has 0 aromatic carbocycles. The van der Waals surface area contributed by atoms with Gasteiger partial charge in [-0.05, 0) is 20.8 Å². The Morgan fingerprint density at radius 3 is 0.765 bits per heavy atom. The molecule has 0 amide bonds. The fraction of sp³-hybridized carbons (Fsp3) is 0.400. The molecule has 0 aliphatic rings. The van der Waals surface area contributed by atoms with E-state index in [9.17, 15) is 0 Å². The van der Waals surface area contributed by atoms with Crippen LogP contribution in [0.2, 0.25) is 0 Å². The zero-order chi connectivity index (χ0) is 15.2. The van der Waals surface area contributed by atoms with Gasteiger partial charge in [0, 0.05) is 26.5 Å². The minimum absolute atomic E-state index is 0. The van der Waals surface area contributed by atoms with E-state index in [-0.39, 0.29) is 26.5 Å². The normalized spacial score (nSPS) is 4.82. The van der Waals surface area contributed by atoms with Gasteiger partial charge in [0.2, 0.25) is 0 Å². The van der Waals surface area contributed by atoms with Crippen LogP contribution >= 0.6 is 0 Å². The summed E-state index contributed by atoms with van der Waals surface area (Å²) in [6.45, 7) is 15.6. The van der Waals surface area contributed by atoms with Crippen LogP contribution in [0.3, 0.4) is 0 Å². The third-order valence-corrected chi connectivity index (χ3v) is 0.335. The Hall–Kier alpha value is -1.47. The van der Waals surface area contributed by atoms with Crippen molar-refractivity contribution in [2.75, 3.05) is 0 Å². The van der Waals surface area contributed by atoms with E-state index in [1.54, 1.807) is 0 Å². The molecule has 0 aromatic rings. The molecule has 0 saturated carbocycles. The number of carbonyl (C=O) groups excluding carboxylic acids is 5. The summed E-state index contributed by atoms with van der Waals surface area (Å²) in [5.41, 5.74) is -0.153. The Bertz CT molecular complexity index is 133. The number of carbonyl (C=O) groups is 5. The third kappa shape index (κ3) is 976. The molecule has 0 aliphatic carbocycles. The van der Waals surface area contributed by atoms with Crippen LogP contribution in [0.15, 0.2) is 0 Å². The van der Waals surface area contributed by atoms with Crippen LogP contribution in [0.4, 0.5) is 0 Å². The molecular formula is C10H19NO5W. The number of rotatable bonds is 0. The second kappa shape index (κ2) is 87.0. The maximum absolute atomic E-state index is 8.15. The number of nitriles is 1. The van der Waals surface area contributed by atoms with E-state index in [4.69, 9.17) is 29.2 Å². The van der Waals surface area contributed by atoms with E-state index < -0.39 is 0 Å². The van der Waals surface area contributed by atoms with Crippen LogP contribution in [0.5, 0.6) is 0 Å². The van der Waals surface area contributed by atoms with Crippen LogP contribution in [-0.2, 0) is 45.0 Å². The van der Waals surface area contributed by atoms with Gasteiger partial charge in [-0.15, -0.1) is 0 Å². The molecule has 0 N–H and O–H groups in total. The summed E-state index contributed by atoms with van der Waals surface area (Å²) >= 11 is 0. The molecule has 17 heavy (non-hydrogen) atoms. The van der Waals surface area contributed by atoms with E-state index in [0.717, 1.165) is 0 Å². The maximum atomic E-state index is 8.15. The minimum Gasteiger partial charge on any atom is -0.307 e. The summed E-state index contributed by atoms with van der Waals surface area (Å²) in [6.07, 6.45) is 0. The predicted octanol–water partition coefficient (Wildman–Crippen LogP) is 0.629. The SMILES string of the molecule is C=O.C=O.C=O.C=O.C=O.CC(C)(C)C#N.[W]. The van der Waals surface area contributed by atoms with E-state index in [1.807, 2.05) is 54.7 Å². The molecule has 0 radical (unpaired) electrons. The van der Waals surface area contributed by atoms with E-state index in [0.29, 0.717) is 0 Å². The minimum atomic E-state index is -0.153. The van der Waals surface area contributed by atoms with Crippen molar-refractivity contribution in [2.24, 2.45) is 5.41 Å². The summed E-state index contributed by atoms with van der Waals surface area (Å²) in [4.78, 5) is 40.0. The molecule has 0 aliphatic heterocycles. The second-order valence-electron chi connectivity index (χ2n) is 2.36. The molecule has 0 aromatic heterocycles. The first-order chi connectivity index (χ1) is 7.56. The third-order valence-electron chi connectivity index (χ3n) is 0.335. The monoisotopic (exact) mass is 417 g/mol. The van der Waals surface area contributed by atoms with Gasteiger partial charge in [-0.3, -0.25) is 0 Å². The Balaban J connectivity index is -0.0000000158. The standard InChI is InChI=1S/C5H9N.5CH2O.W/c1-5(2,3)4-6;5*1-2;/h1-3H3;5*1H2;. The molecule has 0 fully saturated rings.